The molecule has 5 atom stereocenters. The van der Waals surface area contributed by atoms with E-state index in [1.54, 1.807) is 0 Å². The summed E-state index contributed by atoms with van der Waals surface area (Å²) in [5.41, 5.74) is 5.34. The highest BCUT2D eigenvalue weighted by molar-refractivity contribution is 5.90. The number of carbonyl (C=O) groups excluding carboxylic acids is 2. The number of nitrogens with one attached hydrogen (secondary N) is 1. The first kappa shape index (κ1) is 35.0. The molecule has 3 heterocycles. The number of morpholine rings is 1. The Kier molecular flexibility index (Phi) is 11.0. The minimum absolute atomic E-state index is 0.0244. The van der Waals surface area contributed by atoms with Crippen molar-refractivity contribution >= 4 is 11.8 Å². The lowest BCUT2D eigenvalue weighted by atomic mass is 9.90. The molecule has 0 spiro atoms. The molecule has 0 aliphatic carbocycles. The zero-order chi connectivity index (χ0) is 34.5. The van der Waals surface area contributed by atoms with Crippen molar-refractivity contribution in [2.75, 3.05) is 39.4 Å². The van der Waals surface area contributed by atoms with Crippen LogP contribution < -0.4 is 5.32 Å². The molecule has 3 fully saturated rings. The molecule has 3 aliphatic heterocycles. The van der Waals surface area contributed by atoms with Crippen LogP contribution in [0.5, 0.6) is 0 Å². The fourth-order valence-corrected chi connectivity index (χ4v) is 6.81. The van der Waals surface area contributed by atoms with Crippen LogP contribution in [0.2, 0.25) is 0 Å². The number of amides is 2. The zero-order valence-corrected chi connectivity index (χ0v) is 27.4. The summed E-state index contributed by atoms with van der Waals surface area (Å²) in [6.45, 7) is 6.00. The summed E-state index contributed by atoms with van der Waals surface area (Å²) in [4.78, 5) is 27.6. The SMILES string of the molecule is CC1C(CN2CCOCC2)OC(c2ccc(-c3cccc(CNC(=O)C4CCCN4C(=O)C(F)(F)F)c3)cc2)OC1c1ccc(CO)cc1. The number of halogens is 3. The summed E-state index contributed by atoms with van der Waals surface area (Å²) >= 11 is 0. The lowest BCUT2D eigenvalue weighted by Gasteiger charge is -2.43. The molecule has 2 N–H and O–H groups in total. The van der Waals surface area contributed by atoms with Gasteiger partial charge >= 0.3 is 12.1 Å². The predicted octanol–water partition coefficient (Wildman–Crippen LogP) is 5.14. The van der Waals surface area contributed by atoms with Gasteiger partial charge in [0.1, 0.15) is 6.04 Å². The highest BCUT2D eigenvalue weighted by Gasteiger charge is 2.47. The molecule has 3 aromatic rings. The van der Waals surface area contributed by atoms with Gasteiger partial charge in [-0.2, -0.15) is 13.2 Å². The normalized spacial score (nSPS) is 24.9. The van der Waals surface area contributed by atoms with E-state index in [4.69, 9.17) is 14.2 Å². The van der Waals surface area contributed by atoms with Gasteiger partial charge in [-0.25, -0.2) is 0 Å². The fraction of sp³-hybridized carbons (Fsp3) is 0.459. The fourth-order valence-electron chi connectivity index (χ4n) is 6.81. The number of ether oxygens (including phenoxy) is 3. The summed E-state index contributed by atoms with van der Waals surface area (Å²) in [5, 5.41) is 12.2. The largest absolute Gasteiger partial charge is 0.471 e. The molecule has 2 amide bonds. The number of alkyl halides is 3. The Morgan fingerprint density at radius 3 is 2.31 bits per heavy atom. The van der Waals surface area contributed by atoms with Crippen LogP contribution in [0.3, 0.4) is 0 Å². The minimum atomic E-state index is -5.01. The maximum absolute atomic E-state index is 13.0. The van der Waals surface area contributed by atoms with Gasteiger partial charge < -0.3 is 29.5 Å². The molecular formula is C37H42F3N3O6. The van der Waals surface area contributed by atoms with E-state index in [-0.39, 0.29) is 44.2 Å². The van der Waals surface area contributed by atoms with Gasteiger partial charge in [0.2, 0.25) is 5.91 Å². The summed E-state index contributed by atoms with van der Waals surface area (Å²) in [7, 11) is 0. The maximum Gasteiger partial charge on any atom is 0.471 e. The Balaban J connectivity index is 1.14. The summed E-state index contributed by atoms with van der Waals surface area (Å²) in [6, 6.07) is 22.2. The van der Waals surface area contributed by atoms with Gasteiger partial charge in [-0.1, -0.05) is 73.7 Å². The van der Waals surface area contributed by atoms with Crippen molar-refractivity contribution in [1.82, 2.24) is 15.1 Å². The second kappa shape index (κ2) is 15.4. The Labute approximate surface area is 283 Å². The topological polar surface area (TPSA) is 101 Å². The van der Waals surface area contributed by atoms with E-state index in [2.05, 4.69) is 17.1 Å². The average Bonchev–Trinajstić information content (AvgIpc) is 3.62. The van der Waals surface area contributed by atoms with Gasteiger partial charge in [-0.3, -0.25) is 14.5 Å². The van der Waals surface area contributed by atoms with Crippen molar-refractivity contribution in [3.8, 4) is 11.1 Å². The Morgan fingerprint density at radius 2 is 1.61 bits per heavy atom. The molecule has 262 valence electrons. The molecule has 0 saturated carbocycles. The van der Waals surface area contributed by atoms with Crippen molar-refractivity contribution in [1.29, 1.82) is 0 Å². The van der Waals surface area contributed by atoms with Gasteiger partial charge in [0, 0.05) is 44.2 Å². The quantitative estimate of drug-likeness (QED) is 0.323. The third-order valence-corrected chi connectivity index (χ3v) is 9.63. The molecule has 3 saturated heterocycles. The minimum Gasteiger partial charge on any atom is -0.392 e. The molecule has 0 radical (unpaired) electrons. The lowest BCUT2D eigenvalue weighted by molar-refractivity contribution is -0.277. The number of hydrogen-bond acceptors (Lipinski definition) is 7. The molecule has 0 aromatic heterocycles. The van der Waals surface area contributed by atoms with Crippen molar-refractivity contribution in [3.63, 3.8) is 0 Å². The van der Waals surface area contributed by atoms with Gasteiger partial charge in [0.15, 0.2) is 6.29 Å². The third-order valence-electron chi connectivity index (χ3n) is 9.63. The van der Waals surface area contributed by atoms with Crippen LogP contribution in [0.15, 0.2) is 72.8 Å². The lowest BCUT2D eigenvalue weighted by Crippen LogP contribution is -2.50. The van der Waals surface area contributed by atoms with Crippen molar-refractivity contribution < 1.29 is 42.1 Å². The molecule has 3 aliphatic rings. The van der Waals surface area contributed by atoms with Crippen LogP contribution >= 0.6 is 0 Å². The van der Waals surface area contributed by atoms with Gasteiger partial charge in [-0.05, 0) is 46.7 Å². The zero-order valence-electron chi connectivity index (χ0n) is 27.4. The second-order valence-corrected chi connectivity index (χ2v) is 12.9. The monoisotopic (exact) mass is 681 g/mol. The predicted molar refractivity (Wildman–Crippen MR) is 175 cm³/mol. The number of likely N-dealkylation sites (tertiary alicyclic amines) is 1. The number of carbonyl (C=O) groups is 2. The number of nitrogens with zero attached hydrogens (tertiary/aromatic N) is 2. The summed E-state index contributed by atoms with van der Waals surface area (Å²) in [5.74, 6) is -2.50. The smallest absolute Gasteiger partial charge is 0.392 e. The van der Waals surface area contributed by atoms with E-state index in [9.17, 15) is 27.9 Å². The average molecular weight is 682 g/mol. The van der Waals surface area contributed by atoms with E-state index >= 15 is 0 Å². The molecule has 0 bridgehead atoms. The molecule has 9 nitrogen and oxygen atoms in total. The standard InChI is InChI=1S/C37H42F3N3O6/c1-24-32(22-42-16-18-47-19-17-42)48-35(49-33(24)28-9-7-25(23-44)8-10-28)29-13-11-27(12-14-29)30-5-2-4-26(20-30)21-41-34(45)31-6-3-15-43(31)36(46)37(38,39)40/h2,4-5,7-14,20,24,31-33,35,44H,3,6,15-19,21-23H2,1H3,(H,41,45). The maximum atomic E-state index is 13.0. The Bertz CT molecular complexity index is 1580. The van der Waals surface area contributed by atoms with Crippen LogP contribution in [0, 0.1) is 5.92 Å². The summed E-state index contributed by atoms with van der Waals surface area (Å²) in [6.07, 6.45) is -5.38. The third kappa shape index (κ3) is 8.33. The van der Waals surface area contributed by atoms with E-state index in [0.717, 1.165) is 53.0 Å². The summed E-state index contributed by atoms with van der Waals surface area (Å²) < 4.78 is 57.8. The van der Waals surface area contributed by atoms with Crippen LogP contribution in [-0.4, -0.2) is 84.4 Å². The Morgan fingerprint density at radius 1 is 0.898 bits per heavy atom. The van der Waals surface area contributed by atoms with E-state index in [1.807, 2.05) is 72.8 Å². The van der Waals surface area contributed by atoms with Crippen molar-refractivity contribution in [3.05, 3.63) is 95.1 Å². The van der Waals surface area contributed by atoms with Crippen LogP contribution in [0.25, 0.3) is 11.1 Å². The number of aliphatic hydroxyl groups excluding tert-OH is 1. The number of aliphatic hydroxyl groups is 1. The van der Waals surface area contributed by atoms with Crippen LogP contribution in [0.1, 0.15) is 54.4 Å². The molecule has 3 aromatic carbocycles. The molecule has 5 unspecified atom stereocenters. The van der Waals surface area contributed by atoms with Gasteiger partial charge in [0.05, 0.1) is 32.0 Å². The van der Waals surface area contributed by atoms with E-state index < -0.39 is 30.3 Å². The van der Waals surface area contributed by atoms with Crippen LogP contribution in [0.4, 0.5) is 13.2 Å². The number of hydrogen-bond donors (Lipinski definition) is 2. The van der Waals surface area contributed by atoms with Crippen molar-refractivity contribution in [2.45, 2.75) is 63.6 Å². The van der Waals surface area contributed by atoms with Gasteiger partial charge in [0.25, 0.3) is 0 Å². The molecular weight excluding hydrogens is 639 g/mol. The van der Waals surface area contributed by atoms with E-state index in [1.165, 1.54) is 0 Å². The first-order valence-electron chi connectivity index (χ1n) is 16.8. The molecule has 6 rings (SSSR count). The van der Waals surface area contributed by atoms with Crippen LogP contribution in [-0.2, 0) is 37.0 Å². The molecule has 49 heavy (non-hydrogen) atoms. The number of rotatable bonds is 9. The first-order chi connectivity index (χ1) is 23.6. The number of benzene rings is 3. The molecule has 12 heteroatoms. The van der Waals surface area contributed by atoms with Gasteiger partial charge in [-0.15, -0.1) is 0 Å². The Hall–Kier alpha value is -3.81. The second-order valence-electron chi connectivity index (χ2n) is 12.9. The highest BCUT2D eigenvalue weighted by Crippen LogP contribution is 2.42. The highest BCUT2D eigenvalue weighted by atomic mass is 19.4. The van der Waals surface area contributed by atoms with E-state index in [0.29, 0.717) is 24.5 Å². The first-order valence-corrected chi connectivity index (χ1v) is 16.8. The van der Waals surface area contributed by atoms with Crippen molar-refractivity contribution in [2.24, 2.45) is 5.92 Å².